The molecule has 0 aromatic rings. The molecule has 2 atom stereocenters. The summed E-state index contributed by atoms with van der Waals surface area (Å²) in [6.45, 7) is 0. The maximum Gasteiger partial charge on any atom is 0.454 e. The molecule has 0 saturated heterocycles. The van der Waals surface area contributed by atoms with E-state index in [1.165, 1.54) is 0 Å². The molecule has 1 fully saturated rings. The van der Waals surface area contributed by atoms with Crippen LogP contribution in [-0.4, -0.2) is 34.3 Å². The molecule has 12 heavy (non-hydrogen) atoms. The van der Waals surface area contributed by atoms with E-state index in [0.29, 0.717) is 12.8 Å². The van der Waals surface area contributed by atoms with E-state index in [9.17, 15) is 0 Å². The summed E-state index contributed by atoms with van der Waals surface area (Å²) in [6, 6.07) is 0. The summed E-state index contributed by atoms with van der Waals surface area (Å²) in [4.78, 5) is 0. The third-order valence-corrected chi connectivity index (χ3v) is 2.64. The Morgan fingerprint density at radius 1 is 0.750 bits per heavy atom. The van der Waals surface area contributed by atoms with Crippen LogP contribution in [0.4, 0.5) is 0 Å². The van der Waals surface area contributed by atoms with Gasteiger partial charge in [0.05, 0.1) is 0 Å². The minimum Gasteiger partial charge on any atom is -0.427 e. The van der Waals surface area contributed by atoms with Crippen LogP contribution >= 0.6 is 0 Å². The lowest BCUT2D eigenvalue weighted by atomic mass is 9.49. The zero-order valence-electron chi connectivity index (χ0n) is 6.93. The molecule has 1 rings (SSSR count). The van der Waals surface area contributed by atoms with Crippen molar-refractivity contribution in [3.63, 3.8) is 0 Å². The fourth-order valence-corrected chi connectivity index (χ4v) is 1.93. The number of hydrogen-bond donors (Lipinski definition) is 4. The average molecular weight is 172 g/mol. The first-order chi connectivity index (χ1) is 5.63. The van der Waals surface area contributed by atoms with Gasteiger partial charge in [0.15, 0.2) is 0 Å². The van der Waals surface area contributed by atoms with Gasteiger partial charge in [-0.3, -0.25) is 0 Å². The van der Waals surface area contributed by atoms with Crippen molar-refractivity contribution in [3.05, 3.63) is 0 Å². The van der Waals surface area contributed by atoms with Crippen molar-refractivity contribution >= 4 is 14.2 Å². The lowest BCUT2D eigenvalue weighted by Gasteiger charge is -2.29. The smallest absolute Gasteiger partial charge is 0.427 e. The summed E-state index contributed by atoms with van der Waals surface area (Å²) in [6.07, 6.45) is 3.21. The largest absolute Gasteiger partial charge is 0.454 e. The molecule has 1 saturated carbocycles. The monoisotopic (exact) mass is 172 g/mol. The van der Waals surface area contributed by atoms with Crippen molar-refractivity contribution in [3.8, 4) is 0 Å². The Morgan fingerprint density at radius 3 is 1.33 bits per heavy atom. The van der Waals surface area contributed by atoms with Crippen LogP contribution in [-0.2, 0) is 0 Å². The Kier molecular flexibility index (Phi) is 3.58. The van der Waals surface area contributed by atoms with Gasteiger partial charge in [-0.1, -0.05) is 25.7 Å². The summed E-state index contributed by atoms with van der Waals surface area (Å²) >= 11 is 0. The SMILES string of the molecule is OB(O)C1CCCCC1B(O)O. The molecular formula is C6H14B2O4. The quantitative estimate of drug-likeness (QED) is 0.413. The predicted octanol–water partition coefficient (Wildman–Crippen LogP) is -0.754. The minimum atomic E-state index is -1.42. The molecule has 4 N–H and O–H groups in total. The molecule has 4 nitrogen and oxygen atoms in total. The highest BCUT2D eigenvalue weighted by Gasteiger charge is 2.39. The molecule has 1 aliphatic rings. The van der Waals surface area contributed by atoms with Gasteiger partial charge in [-0.05, 0) is 11.6 Å². The van der Waals surface area contributed by atoms with Crippen molar-refractivity contribution < 1.29 is 20.1 Å². The van der Waals surface area contributed by atoms with Crippen LogP contribution in [0, 0.1) is 0 Å². The van der Waals surface area contributed by atoms with Gasteiger partial charge in [0.1, 0.15) is 0 Å². The fraction of sp³-hybridized carbons (Fsp3) is 1.00. The predicted molar refractivity (Wildman–Crippen MR) is 46.4 cm³/mol. The molecule has 0 aromatic heterocycles. The van der Waals surface area contributed by atoms with Crippen LogP contribution in [0.5, 0.6) is 0 Å². The molecule has 0 bridgehead atoms. The number of rotatable bonds is 2. The van der Waals surface area contributed by atoms with E-state index in [2.05, 4.69) is 0 Å². The maximum absolute atomic E-state index is 8.93. The third kappa shape index (κ3) is 2.23. The second kappa shape index (κ2) is 4.28. The first-order valence-electron chi connectivity index (χ1n) is 4.35. The molecule has 0 aliphatic heterocycles. The molecule has 6 heteroatoms. The Labute approximate surface area is 72.5 Å². The van der Waals surface area contributed by atoms with Crippen molar-refractivity contribution in [2.75, 3.05) is 0 Å². The average Bonchev–Trinajstić information content (AvgIpc) is 2.04. The molecule has 68 valence electrons. The minimum absolute atomic E-state index is 0.376. The van der Waals surface area contributed by atoms with Crippen LogP contribution in [0.15, 0.2) is 0 Å². The second-order valence-electron chi connectivity index (χ2n) is 3.44. The highest BCUT2D eigenvalue weighted by molar-refractivity contribution is 6.50. The second-order valence-corrected chi connectivity index (χ2v) is 3.44. The van der Waals surface area contributed by atoms with Crippen LogP contribution < -0.4 is 0 Å². The zero-order chi connectivity index (χ0) is 9.14. The molecular weight excluding hydrogens is 158 g/mol. The van der Waals surface area contributed by atoms with E-state index < -0.39 is 14.2 Å². The molecule has 2 unspecified atom stereocenters. The number of hydrogen-bond acceptors (Lipinski definition) is 4. The lowest BCUT2D eigenvalue weighted by Crippen LogP contribution is -2.34. The summed E-state index contributed by atoms with van der Waals surface area (Å²) < 4.78 is 0. The Bertz CT molecular complexity index is 126. The zero-order valence-corrected chi connectivity index (χ0v) is 6.93. The molecule has 1 aliphatic carbocycles. The van der Waals surface area contributed by atoms with Gasteiger partial charge >= 0.3 is 14.2 Å². The van der Waals surface area contributed by atoms with Gasteiger partial charge in [-0.2, -0.15) is 0 Å². The van der Waals surface area contributed by atoms with Gasteiger partial charge in [-0.25, -0.2) is 0 Å². The fourth-order valence-electron chi connectivity index (χ4n) is 1.93. The van der Waals surface area contributed by atoms with Gasteiger partial charge in [0, 0.05) is 0 Å². The molecule has 0 aromatic carbocycles. The van der Waals surface area contributed by atoms with Gasteiger partial charge < -0.3 is 20.1 Å². The van der Waals surface area contributed by atoms with Crippen molar-refractivity contribution in [1.29, 1.82) is 0 Å². The highest BCUT2D eigenvalue weighted by Crippen LogP contribution is 2.40. The Morgan fingerprint density at radius 2 is 1.08 bits per heavy atom. The molecule has 0 radical (unpaired) electrons. The van der Waals surface area contributed by atoms with Crippen molar-refractivity contribution in [2.24, 2.45) is 0 Å². The van der Waals surface area contributed by atoms with Crippen LogP contribution in [0.2, 0.25) is 11.6 Å². The van der Waals surface area contributed by atoms with Crippen molar-refractivity contribution in [1.82, 2.24) is 0 Å². The standard InChI is InChI=1S/C6H14B2O4/c9-7(10)5-3-1-2-4-6(5)8(11)12/h5-6,9-12H,1-4H2. The summed E-state index contributed by atoms with van der Waals surface area (Å²) in [5, 5.41) is 35.7. The first-order valence-corrected chi connectivity index (χ1v) is 4.35. The van der Waals surface area contributed by atoms with E-state index in [1.807, 2.05) is 0 Å². The normalized spacial score (nSPS) is 30.0. The Hall–Kier alpha value is -0.0301. The van der Waals surface area contributed by atoms with E-state index in [1.54, 1.807) is 0 Å². The van der Waals surface area contributed by atoms with E-state index in [-0.39, 0.29) is 11.6 Å². The van der Waals surface area contributed by atoms with Gasteiger partial charge in [0.25, 0.3) is 0 Å². The lowest BCUT2D eigenvalue weighted by molar-refractivity contribution is 0.311. The third-order valence-electron chi connectivity index (χ3n) is 2.64. The topological polar surface area (TPSA) is 80.9 Å². The van der Waals surface area contributed by atoms with E-state index in [0.717, 1.165) is 12.8 Å². The van der Waals surface area contributed by atoms with Crippen molar-refractivity contribution in [2.45, 2.75) is 37.3 Å². The Balaban J connectivity index is 2.54. The van der Waals surface area contributed by atoms with Crippen LogP contribution in [0.25, 0.3) is 0 Å². The molecule has 0 amide bonds. The van der Waals surface area contributed by atoms with Crippen LogP contribution in [0.3, 0.4) is 0 Å². The van der Waals surface area contributed by atoms with Gasteiger partial charge in [-0.15, -0.1) is 0 Å². The summed E-state index contributed by atoms with van der Waals surface area (Å²) in [5.41, 5.74) is 0. The van der Waals surface area contributed by atoms with E-state index in [4.69, 9.17) is 20.1 Å². The van der Waals surface area contributed by atoms with E-state index >= 15 is 0 Å². The maximum atomic E-state index is 8.93. The molecule has 0 heterocycles. The van der Waals surface area contributed by atoms with Crippen LogP contribution in [0.1, 0.15) is 25.7 Å². The summed E-state index contributed by atoms with van der Waals surface area (Å²) in [7, 11) is -2.84. The summed E-state index contributed by atoms with van der Waals surface area (Å²) in [5.74, 6) is -0.752. The molecule has 0 spiro atoms. The first kappa shape index (κ1) is 10.1. The highest BCUT2D eigenvalue weighted by atomic mass is 16.4. The van der Waals surface area contributed by atoms with Gasteiger partial charge in [0.2, 0.25) is 0 Å².